The molecule has 0 fully saturated rings. The number of hydrogen-bond acceptors (Lipinski definition) is 4. The lowest BCUT2D eigenvalue weighted by Crippen LogP contribution is -1.91. The summed E-state index contributed by atoms with van der Waals surface area (Å²) in [4.78, 5) is 12.3. The van der Waals surface area contributed by atoms with Gasteiger partial charge in [-0.05, 0) is 18.6 Å². The first-order valence-electron chi connectivity index (χ1n) is 4.57. The summed E-state index contributed by atoms with van der Waals surface area (Å²) >= 11 is 0. The quantitative estimate of drug-likeness (QED) is 0.744. The second-order valence-corrected chi connectivity index (χ2v) is 3.17. The van der Waals surface area contributed by atoms with Gasteiger partial charge in [0.2, 0.25) is 0 Å². The molecule has 4 nitrogen and oxygen atoms in total. The molecule has 2 aromatic rings. The van der Waals surface area contributed by atoms with Crippen molar-refractivity contribution in [1.29, 1.82) is 0 Å². The predicted octanol–water partition coefficient (Wildman–Crippen LogP) is 1.86. The van der Waals surface area contributed by atoms with Crippen LogP contribution < -0.4 is 4.74 Å². The highest BCUT2D eigenvalue weighted by atomic mass is 16.5. The summed E-state index contributed by atoms with van der Waals surface area (Å²) in [6.07, 6.45) is 6.74. The molecular weight excluding hydrogens is 190 g/mol. The maximum atomic E-state index is 5.11. The average Bonchev–Trinajstić information content (AvgIpc) is 2.30. The fourth-order valence-corrected chi connectivity index (χ4v) is 1.36. The van der Waals surface area contributed by atoms with Gasteiger partial charge in [0.1, 0.15) is 12.1 Å². The SMILES string of the molecule is COc1cncc(-c2ncncc2C)c1. The van der Waals surface area contributed by atoms with Crippen molar-refractivity contribution in [2.45, 2.75) is 6.92 Å². The molecule has 0 N–H and O–H groups in total. The van der Waals surface area contributed by atoms with E-state index in [9.17, 15) is 0 Å². The Hall–Kier alpha value is -1.97. The number of rotatable bonds is 2. The van der Waals surface area contributed by atoms with Gasteiger partial charge in [-0.15, -0.1) is 0 Å². The Bertz CT molecular complexity index is 471. The van der Waals surface area contributed by atoms with Crippen molar-refractivity contribution in [3.63, 3.8) is 0 Å². The zero-order chi connectivity index (χ0) is 10.7. The standard InChI is InChI=1S/C11H11N3O/c1-8-4-13-7-14-11(8)9-3-10(15-2)6-12-5-9/h3-7H,1-2H3. The Kier molecular flexibility index (Phi) is 2.58. The van der Waals surface area contributed by atoms with Crippen LogP contribution in [0.2, 0.25) is 0 Å². The zero-order valence-corrected chi connectivity index (χ0v) is 8.64. The summed E-state index contributed by atoms with van der Waals surface area (Å²) in [5.74, 6) is 0.727. The Balaban J connectivity index is 2.49. The van der Waals surface area contributed by atoms with E-state index < -0.39 is 0 Å². The first-order chi connectivity index (χ1) is 7.31. The maximum Gasteiger partial charge on any atom is 0.137 e. The molecule has 0 radical (unpaired) electrons. The fourth-order valence-electron chi connectivity index (χ4n) is 1.36. The van der Waals surface area contributed by atoms with Crippen LogP contribution in [0.4, 0.5) is 0 Å². The molecule has 0 atom stereocenters. The van der Waals surface area contributed by atoms with Gasteiger partial charge in [-0.2, -0.15) is 0 Å². The lowest BCUT2D eigenvalue weighted by molar-refractivity contribution is 0.413. The molecule has 0 saturated carbocycles. The highest BCUT2D eigenvalue weighted by Crippen LogP contribution is 2.22. The van der Waals surface area contributed by atoms with Gasteiger partial charge in [0.05, 0.1) is 19.0 Å². The van der Waals surface area contributed by atoms with Crippen molar-refractivity contribution in [2.24, 2.45) is 0 Å². The van der Waals surface area contributed by atoms with E-state index in [4.69, 9.17) is 4.74 Å². The molecule has 2 heterocycles. The first kappa shape index (κ1) is 9.58. The molecule has 0 aliphatic heterocycles. The molecule has 0 aliphatic rings. The number of methoxy groups -OCH3 is 1. The lowest BCUT2D eigenvalue weighted by Gasteiger charge is -2.04. The number of pyridine rings is 1. The van der Waals surface area contributed by atoms with Crippen molar-refractivity contribution in [3.05, 3.63) is 36.5 Å². The van der Waals surface area contributed by atoms with E-state index in [0.29, 0.717) is 0 Å². The van der Waals surface area contributed by atoms with E-state index in [2.05, 4.69) is 15.0 Å². The van der Waals surface area contributed by atoms with Gasteiger partial charge in [-0.3, -0.25) is 4.98 Å². The molecule has 0 spiro atoms. The summed E-state index contributed by atoms with van der Waals surface area (Å²) < 4.78 is 5.11. The Labute approximate surface area is 88.0 Å². The highest BCUT2D eigenvalue weighted by Gasteiger charge is 2.04. The molecule has 76 valence electrons. The number of ether oxygens (including phenoxy) is 1. The van der Waals surface area contributed by atoms with Gasteiger partial charge in [0.25, 0.3) is 0 Å². The zero-order valence-electron chi connectivity index (χ0n) is 8.64. The van der Waals surface area contributed by atoms with Crippen LogP contribution in [0.1, 0.15) is 5.56 Å². The fraction of sp³-hybridized carbons (Fsp3) is 0.182. The third kappa shape index (κ3) is 1.93. The van der Waals surface area contributed by atoms with Gasteiger partial charge in [-0.1, -0.05) is 0 Å². The van der Waals surface area contributed by atoms with Crippen molar-refractivity contribution in [3.8, 4) is 17.0 Å². The molecule has 0 aromatic carbocycles. The summed E-state index contributed by atoms with van der Waals surface area (Å²) in [5.41, 5.74) is 2.85. The van der Waals surface area contributed by atoms with Crippen LogP contribution in [0, 0.1) is 6.92 Å². The number of aromatic nitrogens is 3. The largest absolute Gasteiger partial charge is 0.495 e. The second kappa shape index (κ2) is 4.04. The van der Waals surface area contributed by atoms with Crippen molar-refractivity contribution < 1.29 is 4.74 Å². The van der Waals surface area contributed by atoms with E-state index in [-0.39, 0.29) is 0 Å². The van der Waals surface area contributed by atoms with Crippen LogP contribution in [-0.2, 0) is 0 Å². The third-order valence-corrected chi connectivity index (χ3v) is 2.12. The van der Waals surface area contributed by atoms with E-state index in [0.717, 1.165) is 22.6 Å². The molecule has 2 aromatic heterocycles. The van der Waals surface area contributed by atoms with E-state index in [1.165, 1.54) is 6.33 Å². The van der Waals surface area contributed by atoms with Gasteiger partial charge in [-0.25, -0.2) is 9.97 Å². The minimum atomic E-state index is 0.727. The third-order valence-electron chi connectivity index (χ3n) is 2.12. The lowest BCUT2D eigenvalue weighted by atomic mass is 10.1. The topological polar surface area (TPSA) is 47.9 Å². The predicted molar refractivity (Wildman–Crippen MR) is 56.6 cm³/mol. The average molecular weight is 201 g/mol. The van der Waals surface area contributed by atoms with Gasteiger partial charge < -0.3 is 4.74 Å². The normalized spacial score (nSPS) is 10.0. The van der Waals surface area contributed by atoms with Gasteiger partial charge >= 0.3 is 0 Å². The maximum absolute atomic E-state index is 5.11. The molecule has 0 bridgehead atoms. The van der Waals surface area contributed by atoms with Crippen LogP contribution in [-0.4, -0.2) is 22.1 Å². The molecule has 0 amide bonds. The molecule has 0 aliphatic carbocycles. The van der Waals surface area contributed by atoms with Crippen LogP contribution in [0.25, 0.3) is 11.3 Å². The second-order valence-electron chi connectivity index (χ2n) is 3.17. The van der Waals surface area contributed by atoms with Gasteiger partial charge in [0.15, 0.2) is 0 Å². The number of hydrogen-bond donors (Lipinski definition) is 0. The monoisotopic (exact) mass is 201 g/mol. The summed E-state index contributed by atoms with van der Waals surface area (Å²) in [6, 6.07) is 1.91. The summed E-state index contributed by atoms with van der Waals surface area (Å²) in [7, 11) is 1.62. The molecule has 4 heteroatoms. The van der Waals surface area contributed by atoms with Gasteiger partial charge in [0, 0.05) is 18.0 Å². The molecule has 15 heavy (non-hydrogen) atoms. The molecular formula is C11H11N3O. The van der Waals surface area contributed by atoms with Crippen molar-refractivity contribution in [2.75, 3.05) is 7.11 Å². The molecule has 2 rings (SSSR count). The molecule has 0 unspecified atom stereocenters. The van der Waals surface area contributed by atoms with Crippen LogP contribution >= 0.6 is 0 Å². The minimum absolute atomic E-state index is 0.727. The van der Waals surface area contributed by atoms with Crippen molar-refractivity contribution >= 4 is 0 Å². The minimum Gasteiger partial charge on any atom is -0.495 e. The summed E-state index contributed by atoms with van der Waals surface area (Å²) in [6.45, 7) is 1.97. The smallest absolute Gasteiger partial charge is 0.137 e. The van der Waals surface area contributed by atoms with E-state index in [1.54, 1.807) is 25.7 Å². The Morgan fingerprint density at radius 3 is 2.73 bits per heavy atom. The van der Waals surface area contributed by atoms with Crippen LogP contribution in [0.5, 0.6) is 5.75 Å². The Morgan fingerprint density at radius 1 is 1.13 bits per heavy atom. The van der Waals surface area contributed by atoms with E-state index >= 15 is 0 Å². The van der Waals surface area contributed by atoms with Crippen LogP contribution in [0.3, 0.4) is 0 Å². The summed E-state index contributed by atoms with van der Waals surface area (Å²) in [5, 5.41) is 0. The Morgan fingerprint density at radius 2 is 2.00 bits per heavy atom. The molecule has 0 saturated heterocycles. The van der Waals surface area contributed by atoms with Crippen LogP contribution in [0.15, 0.2) is 31.0 Å². The van der Waals surface area contributed by atoms with E-state index in [1.807, 2.05) is 13.0 Å². The first-order valence-corrected chi connectivity index (χ1v) is 4.57. The number of aryl methyl sites for hydroxylation is 1. The van der Waals surface area contributed by atoms with Crippen molar-refractivity contribution in [1.82, 2.24) is 15.0 Å². The highest BCUT2D eigenvalue weighted by molar-refractivity contribution is 5.62. The number of nitrogens with zero attached hydrogens (tertiary/aromatic N) is 3.